The lowest BCUT2D eigenvalue weighted by Crippen LogP contribution is -2.35. The van der Waals surface area contributed by atoms with E-state index in [9.17, 15) is 10.2 Å². The first-order chi connectivity index (χ1) is 12.7. The number of rotatable bonds is 13. The van der Waals surface area contributed by atoms with Crippen LogP contribution in [0.4, 0.5) is 0 Å². The zero-order chi connectivity index (χ0) is 20.4. The van der Waals surface area contributed by atoms with E-state index in [2.05, 4.69) is 24.5 Å². The van der Waals surface area contributed by atoms with Gasteiger partial charge in [0.05, 0.1) is 0 Å². The third kappa shape index (κ3) is 11.1. The molecule has 0 aromatic heterocycles. The fraction of sp³-hybridized carbons (Fsp3) is 0.714. The van der Waals surface area contributed by atoms with E-state index < -0.39 is 12.2 Å². The van der Waals surface area contributed by atoms with Crippen molar-refractivity contribution < 1.29 is 19.7 Å². The van der Waals surface area contributed by atoms with Gasteiger partial charge in [-0.1, -0.05) is 47.6 Å². The Kier molecular flexibility index (Phi) is 13.5. The second-order valence-corrected chi connectivity index (χ2v) is 7.92. The Balaban J connectivity index is 0.00000729. The number of hydrogen-bond acceptors (Lipinski definition) is 6. The summed E-state index contributed by atoms with van der Waals surface area (Å²) >= 11 is 0. The molecular formula is C21H39ClN2O4. The van der Waals surface area contributed by atoms with Crippen molar-refractivity contribution in [3.63, 3.8) is 0 Å². The van der Waals surface area contributed by atoms with Crippen LogP contribution in [0.2, 0.25) is 0 Å². The molecule has 6 nitrogen and oxygen atoms in total. The predicted octanol–water partition coefficient (Wildman–Crippen LogP) is 2.71. The van der Waals surface area contributed by atoms with Crippen molar-refractivity contribution in [3.05, 3.63) is 23.8 Å². The number of ether oxygens (including phenoxy) is 2. The van der Waals surface area contributed by atoms with Crippen LogP contribution < -0.4 is 20.1 Å². The number of benzene rings is 1. The molecule has 1 rings (SSSR count). The fourth-order valence-electron chi connectivity index (χ4n) is 2.35. The molecule has 1 aromatic carbocycles. The molecule has 0 fully saturated rings. The van der Waals surface area contributed by atoms with Crippen LogP contribution in [0.15, 0.2) is 18.2 Å². The molecule has 0 saturated heterocycles. The summed E-state index contributed by atoms with van der Waals surface area (Å²) in [7, 11) is 0. The molecule has 0 aliphatic carbocycles. The van der Waals surface area contributed by atoms with Crippen LogP contribution in [0.5, 0.6) is 11.5 Å². The molecule has 7 heteroatoms. The van der Waals surface area contributed by atoms with E-state index in [1.807, 2.05) is 45.9 Å². The summed E-state index contributed by atoms with van der Waals surface area (Å²) in [6.07, 6.45) is -1.21. The third-order valence-corrected chi connectivity index (χ3v) is 4.02. The van der Waals surface area contributed by atoms with Gasteiger partial charge in [0.2, 0.25) is 0 Å². The SMILES string of the molecule is CC(C)NCC(O)COc1ccc(C(C)C)cc1OCC(O)CNC(C)C.Cl. The van der Waals surface area contributed by atoms with Crippen LogP contribution in [-0.2, 0) is 0 Å². The zero-order valence-corrected chi connectivity index (χ0v) is 18.9. The van der Waals surface area contributed by atoms with Crippen LogP contribution in [0.1, 0.15) is 53.0 Å². The largest absolute Gasteiger partial charge is 0.487 e. The first-order valence-corrected chi connectivity index (χ1v) is 9.91. The maximum atomic E-state index is 10.1. The molecule has 0 saturated carbocycles. The van der Waals surface area contributed by atoms with Crippen molar-refractivity contribution in [2.45, 2.75) is 71.8 Å². The normalized spacial score (nSPS) is 13.5. The summed E-state index contributed by atoms with van der Waals surface area (Å²) in [5.74, 6) is 1.52. The predicted molar refractivity (Wildman–Crippen MR) is 117 cm³/mol. The molecule has 4 N–H and O–H groups in total. The molecule has 0 amide bonds. The molecule has 0 radical (unpaired) electrons. The van der Waals surface area contributed by atoms with Crippen molar-refractivity contribution in [1.82, 2.24) is 10.6 Å². The molecule has 0 aliphatic heterocycles. The van der Waals surface area contributed by atoms with E-state index in [4.69, 9.17) is 9.47 Å². The van der Waals surface area contributed by atoms with Crippen molar-refractivity contribution in [2.75, 3.05) is 26.3 Å². The molecule has 28 heavy (non-hydrogen) atoms. The highest BCUT2D eigenvalue weighted by atomic mass is 35.5. The van der Waals surface area contributed by atoms with E-state index in [0.29, 0.717) is 42.6 Å². The first-order valence-electron chi connectivity index (χ1n) is 9.91. The van der Waals surface area contributed by atoms with Gasteiger partial charge in [-0.2, -0.15) is 0 Å². The number of halogens is 1. The molecule has 2 atom stereocenters. The van der Waals surface area contributed by atoms with E-state index in [1.165, 1.54) is 0 Å². The molecular weight excluding hydrogens is 380 g/mol. The minimum atomic E-state index is -0.608. The Morgan fingerprint density at radius 2 is 1.25 bits per heavy atom. The van der Waals surface area contributed by atoms with Crippen molar-refractivity contribution in [1.29, 1.82) is 0 Å². The third-order valence-electron chi connectivity index (χ3n) is 4.02. The molecule has 0 heterocycles. The van der Waals surface area contributed by atoms with Gasteiger partial charge >= 0.3 is 0 Å². The molecule has 0 bridgehead atoms. The second kappa shape index (κ2) is 14.0. The molecule has 0 aliphatic rings. The van der Waals surface area contributed by atoms with E-state index in [-0.39, 0.29) is 25.6 Å². The number of nitrogens with one attached hydrogen (secondary N) is 2. The standard InChI is InChI=1S/C21H38N2O4.ClH/c1-14(2)17-7-8-20(26-12-18(24)10-22-15(3)4)21(9-17)27-13-19(25)11-23-16(5)6;/h7-9,14-16,18-19,22-25H,10-13H2,1-6H3;1H. The zero-order valence-electron chi connectivity index (χ0n) is 18.1. The minimum Gasteiger partial charge on any atom is -0.487 e. The van der Waals surface area contributed by atoms with Gasteiger partial charge in [-0.15, -0.1) is 12.4 Å². The van der Waals surface area contributed by atoms with Gasteiger partial charge in [0.1, 0.15) is 25.4 Å². The van der Waals surface area contributed by atoms with Gasteiger partial charge in [-0.25, -0.2) is 0 Å². The molecule has 164 valence electrons. The highest BCUT2D eigenvalue weighted by molar-refractivity contribution is 5.85. The highest BCUT2D eigenvalue weighted by Crippen LogP contribution is 2.31. The monoisotopic (exact) mass is 418 g/mol. The van der Waals surface area contributed by atoms with Gasteiger partial charge in [-0.3, -0.25) is 0 Å². The van der Waals surface area contributed by atoms with E-state index >= 15 is 0 Å². The summed E-state index contributed by atoms with van der Waals surface area (Å²) in [5, 5.41) is 26.5. The summed E-state index contributed by atoms with van der Waals surface area (Å²) in [6.45, 7) is 13.6. The van der Waals surface area contributed by atoms with Gasteiger partial charge in [-0.05, 0) is 23.6 Å². The Morgan fingerprint density at radius 3 is 1.68 bits per heavy atom. The molecule has 2 unspecified atom stereocenters. The summed E-state index contributed by atoms with van der Waals surface area (Å²) in [6, 6.07) is 6.43. The van der Waals surface area contributed by atoms with E-state index in [0.717, 1.165) is 5.56 Å². The topological polar surface area (TPSA) is 83.0 Å². The maximum Gasteiger partial charge on any atom is 0.161 e. The van der Waals surface area contributed by atoms with Crippen LogP contribution in [0.3, 0.4) is 0 Å². The summed E-state index contributed by atoms with van der Waals surface area (Å²) in [4.78, 5) is 0. The van der Waals surface area contributed by atoms with Crippen LogP contribution >= 0.6 is 12.4 Å². The van der Waals surface area contributed by atoms with Gasteiger partial charge in [0, 0.05) is 25.2 Å². The highest BCUT2D eigenvalue weighted by Gasteiger charge is 2.14. The lowest BCUT2D eigenvalue weighted by atomic mass is 10.0. The Labute approximate surface area is 176 Å². The lowest BCUT2D eigenvalue weighted by molar-refractivity contribution is 0.0909. The lowest BCUT2D eigenvalue weighted by Gasteiger charge is -2.20. The minimum absolute atomic E-state index is 0. The van der Waals surface area contributed by atoms with Crippen molar-refractivity contribution >= 4 is 12.4 Å². The van der Waals surface area contributed by atoms with Gasteiger partial charge in [0.25, 0.3) is 0 Å². The molecule has 0 spiro atoms. The van der Waals surface area contributed by atoms with Crippen LogP contribution in [-0.4, -0.2) is 60.8 Å². The van der Waals surface area contributed by atoms with Crippen LogP contribution in [0.25, 0.3) is 0 Å². The van der Waals surface area contributed by atoms with E-state index in [1.54, 1.807) is 0 Å². The van der Waals surface area contributed by atoms with Crippen molar-refractivity contribution in [3.8, 4) is 11.5 Å². The average Bonchev–Trinajstić information content (AvgIpc) is 2.61. The van der Waals surface area contributed by atoms with Gasteiger partial charge in [0.15, 0.2) is 11.5 Å². The maximum absolute atomic E-state index is 10.1. The Bertz CT molecular complexity index is 541. The Morgan fingerprint density at radius 1 is 0.786 bits per heavy atom. The van der Waals surface area contributed by atoms with Crippen LogP contribution in [0, 0.1) is 0 Å². The molecule has 1 aromatic rings. The quantitative estimate of drug-likeness (QED) is 0.394. The first kappa shape index (κ1) is 27.0. The smallest absolute Gasteiger partial charge is 0.161 e. The van der Waals surface area contributed by atoms with Crippen molar-refractivity contribution in [2.24, 2.45) is 0 Å². The second-order valence-electron chi connectivity index (χ2n) is 7.92. The summed E-state index contributed by atoms with van der Waals surface area (Å²) in [5.41, 5.74) is 1.13. The number of aliphatic hydroxyl groups is 2. The van der Waals surface area contributed by atoms with Gasteiger partial charge < -0.3 is 30.3 Å². The summed E-state index contributed by atoms with van der Waals surface area (Å²) < 4.78 is 11.6. The average molecular weight is 419 g/mol. The number of hydrogen-bond donors (Lipinski definition) is 4. The Hall–Kier alpha value is -1.05. The number of aliphatic hydroxyl groups excluding tert-OH is 2. The fourth-order valence-corrected chi connectivity index (χ4v) is 2.35.